The minimum Gasteiger partial charge on any atom is -0.488 e. The molecule has 1 N–H and O–H groups in total. The van der Waals surface area contributed by atoms with Crippen LogP contribution in [0.4, 0.5) is 5.69 Å². The molecule has 1 amide bonds. The van der Waals surface area contributed by atoms with E-state index in [0.717, 1.165) is 22.6 Å². The molecule has 0 bridgehead atoms. The minimum absolute atomic E-state index is 0.286. The van der Waals surface area contributed by atoms with Gasteiger partial charge in [0, 0.05) is 29.9 Å². The molecule has 2 aromatic carbocycles. The Bertz CT molecular complexity index is 1060. The van der Waals surface area contributed by atoms with Crippen molar-refractivity contribution in [1.29, 1.82) is 0 Å². The third kappa shape index (κ3) is 2.59. The van der Waals surface area contributed by atoms with Crippen LogP contribution in [0, 0.1) is 0 Å². The molecule has 2 aliphatic rings. The van der Waals surface area contributed by atoms with Crippen LogP contribution in [0.1, 0.15) is 16.1 Å². The van der Waals surface area contributed by atoms with Crippen molar-refractivity contribution < 1.29 is 19.0 Å². The fraction of sp³-hybridized carbons (Fsp3) is 0.200. The maximum Gasteiger partial charge on any atom is 0.276 e. The highest BCUT2D eigenvalue weighted by Gasteiger charge is 2.28. The predicted octanol–water partition coefficient (Wildman–Crippen LogP) is 3.00. The molecule has 7 nitrogen and oxygen atoms in total. The quantitative estimate of drug-likeness (QED) is 0.758. The van der Waals surface area contributed by atoms with E-state index in [-0.39, 0.29) is 5.91 Å². The van der Waals surface area contributed by atoms with Gasteiger partial charge in [-0.15, -0.1) is 0 Å². The third-order valence-corrected chi connectivity index (χ3v) is 4.67. The molecule has 136 valence electrons. The molecular formula is C20H17N3O4. The van der Waals surface area contributed by atoms with E-state index in [1.807, 2.05) is 31.3 Å². The maximum absolute atomic E-state index is 12.9. The number of aryl methyl sites for hydroxylation is 1. The molecule has 1 aromatic heterocycles. The molecule has 0 unspecified atom stereocenters. The van der Waals surface area contributed by atoms with Gasteiger partial charge in [0.25, 0.3) is 5.91 Å². The molecule has 27 heavy (non-hydrogen) atoms. The Morgan fingerprint density at radius 3 is 2.74 bits per heavy atom. The Labute approximate surface area is 155 Å². The van der Waals surface area contributed by atoms with Crippen LogP contribution in [-0.2, 0) is 13.7 Å². The molecule has 0 radical (unpaired) electrons. The molecule has 0 saturated heterocycles. The van der Waals surface area contributed by atoms with Crippen molar-refractivity contribution in [1.82, 2.24) is 9.78 Å². The first-order valence-corrected chi connectivity index (χ1v) is 8.70. The van der Waals surface area contributed by atoms with E-state index in [9.17, 15) is 4.79 Å². The van der Waals surface area contributed by atoms with Crippen molar-refractivity contribution >= 4 is 11.6 Å². The van der Waals surface area contributed by atoms with Gasteiger partial charge in [-0.3, -0.25) is 9.48 Å². The molecule has 5 rings (SSSR count). The van der Waals surface area contributed by atoms with Gasteiger partial charge in [-0.2, -0.15) is 5.10 Å². The molecule has 0 fully saturated rings. The lowest BCUT2D eigenvalue weighted by Gasteiger charge is -2.19. The van der Waals surface area contributed by atoms with Crippen LogP contribution in [0.2, 0.25) is 0 Å². The SMILES string of the molecule is Cn1nc(C(=O)Nc2ccc3c(c2)OCCO3)c2c1-c1ccccc1OC2. The smallest absolute Gasteiger partial charge is 0.276 e. The zero-order chi connectivity index (χ0) is 18.4. The lowest BCUT2D eigenvalue weighted by Crippen LogP contribution is -2.18. The molecule has 0 spiro atoms. The summed E-state index contributed by atoms with van der Waals surface area (Å²) in [6.45, 7) is 1.33. The summed E-state index contributed by atoms with van der Waals surface area (Å²) in [5.41, 5.74) is 3.61. The number of rotatable bonds is 2. The Hall–Kier alpha value is -3.48. The standard InChI is InChI=1S/C20H17N3O4/c1-23-19-13-4-2-3-5-15(13)27-11-14(19)18(22-23)20(24)21-12-6-7-16-17(10-12)26-9-8-25-16/h2-7,10H,8-9,11H2,1H3,(H,21,24). The number of ether oxygens (including phenoxy) is 3. The van der Waals surface area contributed by atoms with Gasteiger partial charge >= 0.3 is 0 Å². The van der Waals surface area contributed by atoms with E-state index >= 15 is 0 Å². The highest BCUT2D eigenvalue weighted by molar-refractivity contribution is 6.05. The Morgan fingerprint density at radius 1 is 1.04 bits per heavy atom. The van der Waals surface area contributed by atoms with E-state index in [4.69, 9.17) is 14.2 Å². The summed E-state index contributed by atoms with van der Waals surface area (Å²) in [5.74, 6) is 1.82. The summed E-state index contributed by atoms with van der Waals surface area (Å²) < 4.78 is 18.6. The third-order valence-electron chi connectivity index (χ3n) is 4.67. The van der Waals surface area contributed by atoms with Crippen molar-refractivity contribution in [3.05, 3.63) is 53.7 Å². The second-order valence-corrected chi connectivity index (χ2v) is 6.40. The van der Waals surface area contributed by atoms with Crippen LogP contribution < -0.4 is 19.5 Å². The maximum atomic E-state index is 12.9. The topological polar surface area (TPSA) is 74.6 Å². The van der Waals surface area contributed by atoms with Gasteiger partial charge in [0.1, 0.15) is 25.6 Å². The first-order chi connectivity index (χ1) is 13.2. The summed E-state index contributed by atoms with van der Waals surface area (Å²) in [6.07, 6.45) is 0. The van der Waals surface area contributed by atoms with E-state index in [1.165, 1.54) is 0 Å². The lowest BCUT2D eigenvalue weighted by atomic mass is 10.0. The molecule has 0 saturated carbocycles. The van der Waals surface area contributed by atoms with Gasteiger partial charge in [0.05, 0.1) is 5.69 Å². The van der Waals surface area contributed by atoms with E-state index in [2.05, 4.69) is 10.4 Å². The molecule has 7 heteroatoms. The van der Waals surface area contributed by atoms with Crippen LogP contribution >= 0.6 is 0 Å². The normalized spacial score (nSPS) is 14.0. The van der Waals surface area contributed by atoms with E-state index in [0.29, 0.717) is 42.7 Å². The van der Waals surface area contributed by atoms with E-state index < -0.39 is 0 Å². The molecule has 0 atom stereocenters. The second kappa shape index (κ2) is 6.05. The van der Waals surface area contributed by atoms with Gasteiger partial charge in [-0.05, 0) is 24.3 Å². The number of anilines is 1. The van der Waals surface area contributed by atoms with Gasteiger partial charge < -0.3 is 19.5 Å². The van der Waals surface area contributed by atoms with Crippen LogP contribution in [-0.4, -0.2) is 28.9 Å². The second-order valence-electron chi connectivity index (χ2n) is 6.40. The van der Waals surface area contributed by atoms with Crippen molar-refractivity contribution in [3.8, 4) is 28.5 Å². The van der Waals surface area contributed by atoms with Gasteiger partial charge in [0.15, 0.2) is 17.2 Å². The number of fused-ring (bicyclic) bond motifs is 4. The first-order valence-electron chi connectivity index (χ1n) is 8.70. The molecule has 3 heterocycles. The summed E-state index contributed by atoms with van der Waals surface area (Å²) >= 11 is 0. The zero-order valence-corrected chi connectivity index (χ0v) is 14.7. The number of aromatic nitrogens is 2. The fourth-order valence-electron chi connectivity index (χ4n) is 3.47. The van der Waals surface area contributed by atoms with Crippen molar-refractivity contribution in [2.75, 3.05) is 18.5 Å². The molecule has 3 aromatic rings. The molecular weight excluding hydrogens is 346 g/mol. The molecule has 2 aliphatic heterocycles. The number of nitrogens with zero attached hydrogens (tertiary/aromatic N) is 2. The van der Waals surface area contributed by atoms with Gasteiger partial charge in [-0.25, -0.2) is 0 Å². The van der Waals surface area contributed by atoms with E-state index in [1.54, 1.807) is 22.9 Å². The highest BCUT2D eigenvalue weighted by atomic mass is 16.6. The number of amides is 1. The first kappa shape index (κ1) is 15.7. The fourth-order valence-corrected chi connectivity index (χ4v) is 3.47. The van der Waals surface area contributed by atoms with Crippen molar-refractivity contribution in [2.24, 2.45) is 7.05 Å². The summed E-state index contributed by atoms with van der Waals surface area (Å²) in [6, 6.07) is 13.1. The van der Waals surface area contributed by atoms with Crippen molar-refractivity contribution in [2.45, 2.75) is 6.61 Å². The summed E-state index contributed by atoms with van der Waals surface area (Å²) in [7, 11) is 1.84. The number of para-hydroxylation sites is 1. The highest BCUT2D eigenvalue weighted by Crippen LogP contribution is 2.38. The number of hydrogen-bond acceptors (Lipinski definition) is 5. The summed E-state index contributed by atoms with van der Waals surface area (Å²) in [5, 5.41) is 7.33. The number of benzene rings is 2. The number of carbonyl (C=O) groups is 1. The number of nitrogens with one attached hydrogen (secondary N) is 1. The minimum atomic E-state index is -0.286. The van der Waals surface area contributed by atoms with Crippen LogP contribution in [0.3, 0.4) is 0 Å². The Kier molecular flexibility index (Phi) is 3.53. The van der Waals surface area contributed by atoms with Crippen LogP contribution in [0.25, 0.3) is 11.3 Å². The Balaban J connectivity index is 1.47. The lowest BCUT2D eigenvalue weighted by molar-refractivity contribution is 0.101. The monoisotopic (exact) mass is 363 g/mol. The average Bonchev–Trinajstić information content (AvgIpc) is 3.05. The Morgan fingerprint density at radius 2 is 1.85 bits per heavy atom. The van der Waals surface area contributed by atoms with Crippen LogP contribution in [0.15, 0.2) is 42.5 Å². The van der Waals surface area contributed by atoms with Gasteiger partial charge in [-0.1, -0.05) is 12.1 Å². The molecule has 0 aliphatic carbocycles. The number of carbonyl (C=O) groups excluding carboxylic acids is 1. The zero-order valence-electron chi connectivity index (χ0n) is 14.7. The van der Waals surface area contributed by atoms with Crippen LogP contribution in [0.5, 0.6) is 17.2 Å². The number of hydrogen-bond donors (Lipinski definition) is 1. The average molecular weight is 363 g/mol. The summed E-state index contributed by atoms with van der Waals surface area (Å²) in [4.78, 5) is 12.9. The predicted molar refractivity (Wildman–Crippen MR) is 98.4 cm³/mol. The van der Waals surface area contributed by atoms with Gasteiger partial charge in [0.2, 0.25) is 0 Å². The largest absolute Gasteiger partial charge is 0.488 e. The van der Waals surface area contributed by atoms with Crippen molar-refractivity contribution in [3.63, 3.8) is 0 Å².